The summed E-state index contributed by atoms with van der Waals surface area (Å²) in [5, 5.41) is 0. The Bertz CT molecular complexity index is 688. The van der Waals surface area contributed by atoms with Crippen LogP contribution in [0.3, 0.4) is 0 Å². The first-order chi connectivity index (χ1) is 11.5. The minimum absolute atomic E-state index is 0.319. The number of likely N-dealkylation sites (tertiary alicyclic amines) is 2. The highest BCUT2D eigenvalue weighted by Crippen LogP contribution is 2.45. The first kappa shape index (κ1) is 16.9. The summed E-state index contributed by atoms with van der Waals surface area (Å²) in [6, 6.07) is 0. The predicted octanol–water partition coefficient (Wildman–Crippen LogP) is 1.93. The molecule has 0 bridgehead atoms. The van der Waals surface area contributed by atoms with Gasteiger partial charge in [0.15, 0.2) is 9.84 Å². The van der Waals surface area contributed by atoms with E-state index >= 15 is 0 Å². The van der Waals surface area contributed by atoms with Crippen molar-refractivity contribution in [2.75, 3.05) is 38.5 Å². The third-order valence-corrected chi connectivity index (χ3v) is 9.74. The zero-order valence-corrected chi connectivity index (χ0v) is 16.0. The molecule has 134 valence electrons. The highest BCUT2D eigenvalue weighted by Gasteiger charge is 2.61. The summed E-state index contributed by atoms with van der Waals surface area (Å²) in [6.07, 6.45) is 4.71. The summed E-state index contributed by atoms with van der Waals surface area (Å²) >= 11 is 1.68. The maximum absolute atomic E-state index is 12.8. The van der Waals surface area contributed by atoms with Crippen molar-refractivity contribution in [3.8, 4) is 0 Å². The van der Waals surface area contributed by atoms with Crippen LogP contribution < -0.4 is 0 Å². The maximum atomic E-state index is 12.8. The van der Waals surface area contributed by atoms with Crippen molar-refractivity contribution in [3.63, 3.8) is 0 Å². The van der Waals surface area contributed by atoms with Crippen molar-refractivity contribution < 1.29 is 8.42 Å². The van der Waals surface area contributed by atoms with E-state index in [1.807, 2.05) is 12.4 Å². The molecule has 4 heterocycles. The molecule has 1 aromatic rings. The lowest BCUT2D eigenvalue weighted by Crippen LogP contribution is -2.67. The Morgan fingerprint density at radius 2 is 2.00 bits per heavy atom. The van der Waals surface area contributed by atoms with E-state index in [1.165, 1.54) is 24.1 Å². The molecular formula is C17H27N3O2S2. The number of aryl methyl sites for hydroxylation is 1. The van der Waals surface area contributed by atoms with Gasteiger partial charge in [-0.1, -0.05) is 6.42 Å². The van der Waals surface area contributed by atoms with Gasteiger partial charge in [0, 0.05) is 31.1 Å². The fraction of sp³-hybridized carbons (Fsp3) is 0.824. The Kier molecular flexibility index (Phi) is 4.48. The van der Waals surface area contributed by atoms with Gasteiger partial charge in [0.2, 0.25) is 0 Å². The van der Waals surface area contributed by atoms with Crippen LogP contribution in [-0.2, 0) is 16.4 Å². The molecule has 0 radical (unpaired) electrons. The number of sulfone groups is 1. The molecule has 1 atom stereocenters. The second-order valence-electron chi connectivity index (χ2n) is 7.74. The third kappa shape index (κ3) is 2.83. The number of piperidine rings is 1. The number of hydrogen-bond donors (Lipinski definition) is 0. The van der Waals surface area contributed by atoms with Crippen LogP contribution >= 0.6 is 11.3 Å². The van der Waals surface area contributed by atoms with E-state index in [0.717, 1.165) is 38.3 Å². The van der Waals surface area contributed by atoms with Gasteiger partial charge in [0.25, 0.3) is 0 Å². The minimum Gasteiger partial charge on any atom is -0.303 e. The minimum atomic E-state index is -2.95. The second kappa shape index (κ2) is 6.34. The van der Waals surface area contributed by atoms with E-state index in [-0.39, 0.29) is 0 Å². The van der Waals surface area contributed by atoms with E-state index in [0.29, 0.717) is 24.8 Å². The molecule has 3 fully saturated rings. The van der Waals surface area contributed by atoms with Gasteiger partial charge in [0.1, 0.15) is 4.75 Å². The summed E-state index contributed by atoms with van der Waals surface area (Å²) in [6.45, 7) is 7.59. The van der Waals surface area contributed by atoms with Crippen molar-refractivity contribution in [2.45, 2.75) is 43.9 Å². The van der Waals surface area contributed by atoms with E-state index in [4.69, 9.17) is 0 Å². The standard InChI is InChI=1S/C17H27N3O2S2/c1-14-16(23-13-18-14)10-20-11-17(12-20)15(5-8-24(17,21)22)9-19-6-3-2-4-7-19/h13,15H,2-12H2,1H3. The van der Waals surface area contributed by atoms with Crippen LogP contribution in [0.15, 0.2) is 5.51 Å². The average Bonchev–Trinajstić information content (AvgIpc) is 3.03. The molecule has 0 saturated carbocycles. The summed E-state index contributed by atoms with van der Waals surface area (Å²) in [4.78, 5) is 10.4. The lowest BCUT2D eigenvalue weighted by Gasteiger charge is -2.51. The quantitative estimate of drug-likeness (QED) is 0.812. The van der Waals surface area contributed by atoms with Crippen LogP contribution in [0.1, 0.15) is 36.3 Å². The van der Waals surface area contributed by atoms with Crippen molar-refractivity contribution in [1.29, 1.82) is 0 Å². The van der Waals surface area contributed by atoms with E-state index in [9.17, 15) is 8.42 Å². The zero-order valence-electron chi connectivity index (χ0n) is 14.4. The molecule has 0 aliphatic carbocycles. The van der Waals surface area contributed by atoms with Crippen LogP contribution in [-0.4, -0.2) is 66.4 Å². The van der Waals surface area contributed by atoms with Crippen LogP contribution in [0.25, 0.3) is 0 Å². The first-order valence-electron chi connectivity index (χ1n) is 9.06. The summed E-state index contributed by atoms with van der Waals surface area (Å²) < 4.78 is 25.1. The maximum Gasteiger partial charge on any atom is 0.158 e. The average molecular weight is 370 g/mol. The highest BCUT2D eigenvalue weighted by atomic mass is 32.2. The van der Waals surface area contributed by atoms with Crippen molar-refractivity contribution in [1.82, 2.24) is 14.8 Å². The van der Waals surface area contributed by atoms with Crippen LogP contribution in [0.2, 0.25) is 0 Å². The number of thiazole rings is 1. The molecule has 1 aromatic heterocycles. The SMILES string of the molecule is Cc1ncsc1CN1CC2(C1)C(CN1CCCCC1)CCS2(=O)=O. The largest absolute Gasteiger partial charge is 0.303 e. The molecule has 0 N–H and O–H groups in total. The second-order valence-corrected chi connectivity index (χ2v) is 11.1. The normalized spacial score (nSPS) is 29.8. The zero-order chi connectivity index (χ0) is 16.8. The van der Waals surface area contributed by atoms with Gasteiger partial charge in [-0.3, -0.25) is 4.90 Å². The van der Waals surface area contributed by atoms with Gasteiger partial charge in [-0.2, -0.15) is 0 Å². The highest BCUT2D eigenvalue weighted by molar-refractivity contribution is 7.93. The lowest BCUT2D eigenvalue weighted by molar-refractivity contribution is 0.0592. The molecule has 3 saturated heterocycles. The van der Waals surface area contributed by atoms with Crippen LogP contribution in [0.5, 0.6) is 0 Å². The lowest BCUT2D eigenvalue weighted by atomic mass is 9.82. The first-order valence-corrected chi connectivity index (χ1v) is 11.6. The molecule has 3 aliphatic heterocycles. The summed E-state index contributed by atoms with van der Waals surface area (Å²) in [5.41, 5.74) is 2.96. The fourth-order valence-corrected chi connectivity index (χ4v) is 7.97. The van der Waals surface area contributed by atoms with Crippen molar-refractivity contribution in [2.24, 2.45) is 5.92 Å². The molecule has 7 heteroatoms. The van der Waals surface area contributed by atoms with E-state index in [1.54, 1.807) is 11.3 Å². The van der Waals surface area contributed by atoms with E-state index in [2.05, 4.69) is 14.8 Å². The molecule has 5 nitrogen and oxygen atoms in total. The Labute approximate surface area is 149 Å². The molecule has 1 spiro atoms. The molecule has 3 aliphatic rings. The fourth-order valence-electron chi connectivity index (χ4n) is 4.69. The van der Waals surface area contributed by atoms with Gasteiger partial charge in [0.05, 0.1) is 17.0 Å². The van der Waals surface area contributed by atoms with Gasteiger partial charge in [-0.25, -0.2) is 13.4 Å². The number of nitrogens with zero attached hydrogens (tertiary/aromatic N) is 3. The van der Waals surface area contributed by atoms with Gasteiger partial charge < -0.3 is 4.90 Å². The number of hydrogen-bond acceptors (Lipinski definition) is 6. The molecular weight excluding hydrogens is 342 g/mol. The predicted molar refractivity (Wildman–Crippen MR) is 97.0 cm³/mol. The molecule has 0 aromatic carbocycles. The Balaban J connectivity index is 1.44. The van der Waals surface area contributed by atoms with Gasteiger partial charge >= 0.3 is 0 Å². The molecule has 0 amide bonds. The van der Waals surface area contributed by atoms with Gasteiger partial charge in [-0.05, 0) is 45.2 Å². The van der Waals surface area contributed by atoms with Crippen LogP contribution in [0, 0.1) is 12.8 Å². The van der Waals surface area contributed by atoms with Crippen molar-refractivity contribution in [3.05, 3.63) is 16.1 Å². The molecule has 1 unspecified atom stereocenters. The Morgan fingerprint density at radius 1 is 1.25 bits per heavy atom. The number of aromatic nitrogens is 1. The summed E-state index contributed by atoms with van der Waals surface area (Å²) in [5.74, 6) is 0.707. The monoisotopic (exact) mass is 369 g/mol. The Hall–Kier alpha value is -0.500. The van der Waals surface area contributed by atoms with Gasteiger partial charge in [-0.15, -0.1) is 11.3 Å². The molecule has 4 rings (SSSR count). The topological polar surface area (TPSA) is 53.5 Å². The Morgan fingerprint density at radius 3 is 2.67 bits per heavy atom. The summed E-state index contributed by atoms with van der Waals surface area (Å²) in [7, 11) is -2.95. The van der Waals surface area contributed by atoms with E-state index < -0.39 is 14.6 Å². The smallest absolute Gasteiger partial charge is 0.158 e. The third-order valence-electron chi connectivity index (χ3n) is 6.22. The number of rotatable bonds is 4. The molecule has 24 heavy (non-hydrogen) atoms. The van der Waals surface area contributed by atoms with Crippen LogP contribution in [0.4, 0.5) is 0 Å². The van der Waals surface area contributed by atoms with Crippen molar-refractivity contribution >= 4 is 21.2 Å².